The van der Waals surface area contributed by atoms with Crippen LogP contribution in [0.25, 0.3) is 0 Å². The molecule has 1 aromatic rings. The summed E-state index contributed by atoms with van der Waals surface area (Å²) in [6, 6.07) is 7.64. The van der Waals surface area contributed by atoms with Crippen molar-refractivity contribution < 1.29 is 9.47 Å². The van der Waals surface area contributed by atoms with Crippen LogP contribution in [0.2, 0.25) is 0 Å². The molecule has 0 aliphatic rings. The van der Waals surface area contributed by atoms with E-state index in [-0.39, 0.29) is 30.1 Å². The molecule has 0 aliphatic carbocycles. The summed E-state index contributed by atoms with van der Waals surface area (Å²) in [5, 5.41) is 0. The molecule has 0 saturated heterocycles. The molecule has 21 heavy (non-hydrogen) atoms. The van der Waals surface area contributed by atoms with Gasteiger partial charge in [-0.05, 0) is 19.1 Å². The number of halogens is 1. The van der Waals surface area contributed by atoms with Crippen molar-refractivity contribution in [2.45, 2.75) is 13.0 Å². The zero-order chi connectivity index (χ0) is 15.1. The van der Waals surface area contributed by atoms with Gasteiger partial charge >= 0.3 is 0 Å². The topological polar surface area (TPSA) is 37.3 Å². The third-order valence-corrected chi connectivity index (χ3v) is 2.69. The minimum atomic E-state index is -0.0267. The van der Waals surface area contributed by atoms with Crippen LogP contribution < -0.4 is 9.47 Å². The second-order valence-corrected chi connectivity index (χ2v) is 5.01. The molecule has 0 aliphatic heterocycles. The number of aliphatic imine (C=N–C) groups is 1. The van der Waals surface area contributed by atoms with E-state index in [9.17, 15) is 0 Å². The minimum absolute atomic E-state index is 0. The molecule has 120 valence electrons. The molecule has 0 fully saturated rings. The molecule has 1 aromatic carbocycles. The Hall–Kier alpha value is -1.18. The van der Waals surface area contributed by atoms with Crippen molar-refractivity contribution >= 4 is 29.9 Å². The summed E-state index contributed by atoms with van der Waals surface area (Å²) in [5.41, 5.74) is 0. The molecule has 0 N–H and O–H groups in total. The van der Waals surface area contributed by atoms with Crippen LogP contribution in [0.3, 0.4) is 0 Å². The number of hydrogen-bond donors (Lipinski definition) is 0. The van der Waals surface area contributed by atoms with E-state index in [1.807, 2.05) is 69.2 Å². The molecule has 0 bridgehead atoms. The standard InChI is InChI=1S/C15H25N3O2.HI/c1-12(11-16-15(17(2)3)18(4)5)20-14-10-8-7-9-13(14)19-6;/h7-10,12H,11H2,1-6H3;1H. The van der Waals surface area contributed by atoms with Crippen molar-refractivity contribution in [3.63, 3.8) is 0 Å². The summed E-state index contributed by atoms with van der Waals surface area (Å²) in [4.78, 5) is 8.54. The SMILES string of the molecule is COc1ccccc1OC(C)CN=C(N(C)C)N(C)C.I. The molecule has 6 heteroatoms. The molecule has 0 saturated carbocycles. The lowest BCUT2D eigenvalue weighted by Crippen LogP contribution is -2.36. The molecule has 1 rings (SSSR count). The third kappa shape index (κ3) is 6.41. The van der Waals surface area contributed by atoms with Gasteiger partial charge in [-0.25, -0.2) is 4.99 Å². The van der Waals surface area contributed by atoms with Gasteiger partial charge in [0.15, 0.2) is 17.5 Å². The second kappa shape index (κ2) is 9.70. The quantitative estimate of drug-likeness (QED) is 0.427. The zero-order valence-electron chi connectivity index (χ0n) is 13.7. The van der Waals surface area contributed by atoms with E-state index in [1.165, 1.54) is 0 Å². The van der Waals surface area contributed by atoms with E-state index >= 15 is 0 Å². The van der Waals surface area contributed by atoms with Crippen molar-refractivity contribution in [3.05, 3.63) is 24.3 Å². The Morgan fingerprint density at radius 2 is 1.62 bits per heavy atom. The van der Waals surface area contributed by atoms with Gasteiger partial charge in [0.25, 0.3) is 0 Å². The van der Waals surface area contributed by atoms with E-state index < -0.39 is 0 Å². The Kier molecular flexibility index (Phi) is 9.16. The van der Waals surface area contributed by atoms with Crippen LogP contribution in [0, 0.1) is 0 Å². The first-order valence-electron chi connectivity index (χ1n) is 6.64. The van der Waals surface area contributed by atoms with E-state index in [0.29, 0.717) is 6.54 Å². The number of hydrogen-bond acceptors (Lipinski definition) is 3. The van der Waals surface area contributed by atoms with Gasteiger partial charge in [-0.1, -0.05) is 12.1 Å². The predicted molar refractivity (Wildman–Crippen MR) is 98.2 cm³/mol. The average Bonchev–Trinajstić information content (AvgIpc) is 2.38. The summed E-state index contributed by atoms with van der Waals surface area (Å²) in [6.07, 6.45) is -0.0267. The minimum Gasteiger partial charge on any atom is -0.493 e. The smallest absolute Gasteiger partial charge is 0.195 e. The predicted octanol–water partition coefficient (Wildman–Crippen LogP) is 2.56. The second-order valence-electron chi connectivity index (χ2n) is 5.01. The first-order valence-corrected chi connectivity index (χ1v) is 6.64. The highest BCUT2D eigenvalue weighted by molar-refractivity contribution is 14.0. The van der Waals surface area contributed by atoms with Gasteiger partial charge in [0, 0.05) is 28.2 Å². The van der Waals surface area contributed by atoms with Crippen molar-refractivity contribution in [2.75, 3.05) is 41.8 Å². The van der Waals surface area contributed by atoms with Crippen LogP contribution in [0.15, 0.2) is 29.3 Å². The number of nitrogens with zero attached hydrogens (tertiary/aromatic N) is 3. The molecule has 5 nitrogen and oxygen atoms in total. The maximum Gasteiger partial charge on any atom is 0.195 e. The Bertz CT molecular complexity index is 440. The van der Waals surface area contributed by atoms with Gasteiger partial charge in [0.2, 0.25) is 0 Å². The third-order valence-electron chi connectivity index (χ3n) is 2.69. The van der Waals surface area contributed by atoms with Crippen LogP contribution in [0.1, 0.15) is 6.92 Å². The van der Waals surface area contributed by atoms with E-state index in [0.717, 1.165) is 17.5 Å². The van der Waals surface area contributed by atoms with Crippen molar-refractivity contribution in [2.24, 2.45) is 4.99 Å². The molecule has 0 aromatic heterocycles. The normalized spacial score (nSPS) is 11.0. The fourth-order valence-electron chi connectivity index (χ4n) is 1.86. The first kappa shape index (κ1) is 19.8. The number of rotatable bonds is 5. The Balaban J connectivity index is 0.00000400. The van der Waals surface area contributed by atoms with Crippen molar-refractivity contribution in [3.8, 4) is 11.5 Å². The molecular formula is C15H26IN3O2. The average molecular weight is 407 g/mol. The summed E-state index contributed by atoms with van der Waals surface area (Å²) in [6.45, 7) is 2.59. The van der Waals surface area contributed by atoms with Crippen LogP contribution in [0.5, 0.6) is 11.5 Å². The molecular weight excluding hydrogens is 381 g/mol. The Morgan fingerprint density at radius 3 is 2.10 bits per heavy atom. The largest absolute Gasteiger partial charge is 0.493 e. The number of ether oxygens (including phenoxy) is 2. The highest BCUT2D eigenvalue weighted by Gasteiger charge is 2.10. The summed E-state index contributed by atoms with van der Waals surface area (Å²) >= 11 is 0. The molecule has 0 radical (unpaired) electrons. The fourth-order valence-corrected chi connectivity index (χ4v) is 1.86. The maximum absolute atomic E-state index is 5.88. The van der Waals surface area contributed by atoms with Gasteiger partial charge in [-0.3, -0.25) is 0 Å². The van der Waals surface area contributed by atoms with E-state index in [2.05, 4.69) is 4.99 Å². The van der Waals surface area contributed by atoms with E-state index in [4.69, 9.17) is 9.47 Å². The molecule has 1 atom stereocenters. The van der Waals surface area contributed by atoms with E-state index in [1.54, 1.807) is 7.11 Å². The molecule has 0 spiro atoms. The highest BCUT2D eigenvalue weighted by atomic mass is 127. The van der Waals surface area contributed by atoms with Crippen molar-refractivity contribution in [1.82, 2.24) is 9.80 Å². The first-order chi connectivity index (χ1) is 9.45. The van der Waals surface area contributed by atoms with Gasteiger partial charge < -0.3 is 19.3 Å². The number of para-hydroxylation sites is 2. The molecule has 1 unspecified atom stereocenters. The number of benzene rings is 1. The van der Waals surface area contributed by atoms with Crippen LogP contribution in [-0.2, 0) is 0 Å². The lowest BCUT2D eigenvalue weighted by atomic mass is 10.3. The van der Waals surface area contributed by atoms with Crippen LogP contribution in [-0.4, -0.2) is 63.7 Å². The highest BCUT2D eigenvalue weighted by Crippen LogP contribution is 2.26. The summed E-state index contributed by atoms with van der Waals surface area (Å²) in [7, 11) is 9.55. The molecule has 0 amide bonds. The zero-order valence-corrected chi connectivity index (χ0v) is 16.0. The Morgan fingerprint density at radius 1 is 1.10 bits per heavy atom. The summed E-state index contributed by atoms with van der Waals surface area (Å²) < 4.78 is 11.1. The monoisotopic (exact) mass is 407 g/mol. The lowest BCUT2D eigenvalue weighted by molar-refractivity contribution is 0.218. The summed E-state index contributed by atoms with van der Waals surface area (Å²) in [5.74, 6) is 2.40. The fraction of sp³-hybridized carbons (Fsp3) is 0.533. The van der Waals surface area contributed by atoms with Crippen molar-refractivity contribution in [1.29, 1.82) is 0 Å². The maximum atomic E-state index is 5.88. The number of methoxy groups -OCH3 is 1. The van der Waals surface area contributed by atoms with Gasteiger partial charge in [-0.15, -0.1) is 24.0 Å². The van der Waals surface area contributed by atoms with Gasteiger partial charge in [0.1, 0.15) is 6.10 Å². The number of guanidine groups is 1. The van der Waals surface area contributed by atoms with Gasteiger partial charge in [0.05, 0.1) is 13.7 Å². The van der Waals surface area contributed by atoms with Crippen LogP contribution in [0.4, 0.5) is 0 Å². The Labute approximate surface area is 145 Å². The van der Waals surface area contributed by atoms with Gasteiger partial charge in [-0.2, -0.15) is 0 Å². The molecule has 0 heterocycles. The van der Waals surface area contributed by atoms with Crippen LogP contribution >= 0.6 is 24.0 Å². The lowest BCUT2D eigenvalue weighted by Gasteiger charge is -2.23.